The normalized spacial score (nSPS) is 13.2. The van der Waals surface area contributed by atoms with E-state index in [9.17, 15) is 0 Å². The molecule has 9 aromatic rings. The second kappa shape index (κ2) is 11.7. The third-order valence-corrected chi connectivity index (χ3v) is 11.7. The summed E-state index contributed by atoms with van der Waals surface area (Å²) >= 11 is 0. The van der Waals surface area contributed by atoms with Crippen molar-refractivity contribution in [1.82, 2.24) is 0 Å². The summed E-state index contributed by atoms with van der Waals surface area (Å²) in [6.45, 7) is 11.4. The van der Waals surface area contributed by atoms with Crippen LogP contribution in [0.2, 0.25) is 0 Å². The average Bonchev–Trinajstić information content (AvgIpc) is 3.40. The number of hydrogen-bond acceptors (Lipinski definition) is 1. The molecule has 0 unspecified atom stereocenters. The third kappa shape index (κ3) is 4.77. The van der Waals surface area contributed by atoms with Gasteiger partial charge in [0.25, 0.3) is 0 Å². The van der Waals surface area contributed by atoms with Crippen LogP contribution in [0, 0.1) is 20.8 Å². The third-order valence-electron chi connectivity index (χ3n) is 11.7. The van der Waals surface area contributed by atoms with Crippen molar-refractivity contribution in [2.75, 3.05) is 4.90 Å². The van der Waals surface area contributed by atoms with Gasteiger partial charge in [-0.3, -0.25) is 0 Å². The monoisotopic (exact) mass is 679 g/mol. The van der Waals surface area contributed by atoms with Gasteiger partial charge in [0.15, 0.2) is 0 Å². The molecule has 1 nitrogen and oxygen atoms in total. The lowest BCUT2D eigenvalue weighted by Gasteiger charge is -2.29. The summed E-state index contributed by atoms with van der Waals surface area (Å²) in [6.07, 6.45) is 0. The summed E-state index contributed by atoms with van der Waals surface area (Å²) in [7, 11) is 0. The van der Waals surface area contributed by atoms with E-state index in [4.69, 9.17) is 0 Å². The van der Waals surface area contributed by atoms with Crippen LogP contribution in [0.5, 0.6) is 0 Å². The van der Waals surface area contributed by atoms with Crippen LogP contribution in [-0.4, -0.2) is 0 Å². The van der Waals surface area contributed by atoms with Gasteiger partial charge in [-0.25, -0.2) is 0 Å². The molecular weight excluding hydrogens is 639 g/mol. The van der Waals surface area contributed by atoms with E-state index >= 15 is 0 Å². The molecular formula is C52H41N. The molecule has 0 bridgehead atoms. The summed E-state index contributed by atoms with van der Waals surface area (Å²) in [6, 6.07) is 59.1. The van der Waals surface area contributed by atoms with E-state index in [1.54, 1.807) is 0 Å². The fourth-order valence-corrected chi connectivity index (χ4v) is 9.34. The number of nitrogens with zero attached hydrogens (tertiary/aromatic N) is 1. The minimum Gasteiger partial charge on any atom is -0.310 e. The maximum Gasteiger partial charge on any atom is 0.0465 e. The highest BCUT2D eigenvalue weighted by atomic mass is 15.1. The number of benzene rings is 9. The van der Waals surface area contributed by atoms with Gasteiger partial charge in [-0.2, -0.15) is 0 Å². The molecule has 0 atom stereocenters. The van der Waals surface area contributed by atoms with Crippen LogP contribution in [-0.2, 0) is 5.41 Å². The van der Waals surface area contributed by atoms with Crippen molar-refractivity contribution in [2.24, 2.45) is 0 Å². The predicted molar refractivity (Wildman–Crippen MR) is 228 cm³/mol. The molecule has 0 N–H and O–H groups in total. The van der Waals surface area contributed by atoms with Crippen molar-refractivity contribution < 1.29 is 0 Å². The molecule has 53 heavy (non-hydrogen) atoms. The zero-order chi connectivity index (χ0) is 36.0. The maximum absolute atomic E-state index is 2.47. The topological polar surface area (TPSA) is 3.24 Å². The Morgan fingerprint density at radius 2 is 0.943 bits per heavy atom. The Morgan fingerprint density at radius 3 is 1.60 bits per heavy atom. The molecule has 0 spiro atoms. The Morgan fingerprint density at radius 1 is 0.396 bits per heavy atom. The molecule has 9 aromatic carbocycles. The van der Waals surface area contributed by atoms with Gasteiger partial charge in [0.1, 0.15) is 0 Å². The predicted octanol–water partition coefficient (Wildman–Crippen LogP) is 14.7. The van der Waals surface area contributed by atoms with E-state index in [2.05, 4.69) is 197 Å². The van der Waals surface area contributed by atoms with Crippen LogP contribution in [0.25, 0.3) is 65.3 Å². The van der Waals surface area contributed by atoms with Crippen LogP contribution >= 0.6 is 0 Å². The highest BCUT2D eigenvalue weighted by Gasteiger charge is 2.40. The van der Waals surface area contributed by atoms with Gasteiger partial charge < -0.3 is 4.90 Å². The first kappa shape index (κ1) is 31.5. The van der Waals surface area contributed by atoms with E-state index in [0.29, 0.717) is 0 Å². The Balaban J connectivity index is 1.28. The van der Waals surface area contributed by atoms with Crippen molar-refractivity contribution in [3.05, 3.63) is 186 Å². The van der Waals surface area contributed by atoms with E-state index in [1.807, 2.05) is 0 Å². The number of aryl methyl sites for hydroxylation is 3. The lowest BCUT2D eigenvalue weighted by atomic mass is 9.77. The first-order chi connectivity index (χ1) is 25.8. The summed E-state index contributed by atoms with van der Waals surface area (Å²) in [5.74, 6) is 0. The molecule has 254 valence electrons. The lowest BCUT2D eigenvalue weighted by molar-refractivity contribution is 0.667. The SMILES string of the molecule is Cc1cccc(-c2ccc3c(c2)c2ccccc2c2c4c(c5ccccc5c32)-c2ccc(N(c3cccc(C)c3)c3cccc(C)c3)cc2C4(C)C)c1. The largest absolute Gasteiger partial charge is 0.310 e. The fraction of sp³-hybridized carbons (Fsp3) is 0.115. The Labute approximate surface area is 311 Å². The number of rotatable bonds is 4. The van der Waals surface area contributed by atoms with Crippen molar-refractivity contribution >= 4 is 60.2 Å². The molecule has 1 aliphatic carbocycles. The fourth-order valence-electron chi connectivity index (χ4n) is 9.34. The molecule has 0 amide bonds. The molecule has 10 rings (SSSR count). The van der Waals surface area contributed by atoms with Crippen molar-refractivity contribution in [3.63, 3.8) is 0 Å². The average molecular weight is 680 g/mol. The van der Waals surface area contributed by atoms with Crippen LogP contribution < -0.4 is 4.90 Å². The Hall–Kier alpha value is -6.18. The number of fused-ring (bicyclic) bond motifs is 13. The summed E-state index contributed by atoms with van der Waals surface area (Å²) in [5.41, 5.74) is 15.0. The standard InChI is InChI=1S/C52H41N/c1-32-13-10-16-35(27-32)36-23-25-44-46(30-36)40-19-6-7-20-41(40)50-48(44)42-21-8-9-22-43(42)49-45-26-24-39(31-47(45)52(4,5)51(49)50)53(37-17-11-14-33(2)28-37)38-18-12-15-34(3)29-38/h6-31H,1-5H3. The smallest absolute Gasteiger partial charge is 0.0465 e. The van der Waals surface area contributed by atoms with Gasteiger partial charge in [0, 0.05) is 22.5 Å². The van der Waals surface area contributed by atoms with E-state index in [-0.39, 0.29) is 5.41 Å². The summed E-state index contributed by atoms with van der Waals surface area (Å²) < 4.78 is 0. The highest BCUT2D eigenvalue weighted by Crippen LogP contribution is 2.58. The molecule has 0 aliphatic heterocycles. The molecule has 0 fully saturated rings. The van der Waals surface area contributed by atoms with Crippen LogP contribution in [0.1, 0.15) is 41.7 Å². The van der Waals surface area contributed by atoms with Crippen molar-refractivity contribution in [3.8, 4) is 22.3 Å². The molecule has 0 radical (unpaired) electrons. The van der Waals surface area contributed by atoms with Crippen molar-refractivity contribution in [2.45, 2.75) is 40.0 Å². The zero-order valence-electron chi connectivity index (χ0n) is 31.0. The number of hydrogen-bond donors (Lipinski definition) is 0. The Kier molecular flexibility index (Phi) is 6.94. The molecule has 0 saturated carbocycles. The summed E-state index contributed by atoms with van der Waals surface area (Å²) in [4.78, 5) is 2.42. The van der Waals surface area contributed by atoms with Crippen LogP contribution in [0.3, 0.4) is 0 Å². The van der Waals surface area contributed by atoms with Gasteiger partial charge in [-0.15, -0.1) is 0 Å². The van der Waals surface area contributed by atoms with Crippen LogP contribution in [0.15, 0.2) is 158 Å². The second-order valence-electron chi connectivity index (χ2n) is 15.6. The maximum atomic E-state index is 2.47. The quantitative estimate of drug-likeness (QED) is 0.167. The molecule has 0 aromatic heterocycles. The first-order valence-electron chi connectivity index (χ1n) is 18.8. The van der Waals surface area contributed by atoms with Gasteiger partial charge in [0.2, 0.25) is 0 Å². The van der Waals surface area contributed by atoms with Gasteiger partial charge in [-0.05, 0) is 151 Å². The Bertz CT molecular complexity index is 2920. The highest BCUT2D eigenvalue weighted by molar-refractivity contribution is 6.35. The zero-order valence-corrected chi connectivity index (χ0v) is 31.0. The first-order valence-corrected chi connectivity index (χ1v) is 18.8. The molecule has 1 heteroatoms. The molecule has 1 aliphatic rings. The molecule has 0 saturated heterocycles. The second-order valence-corrected chi connectivity index (χ2v) is 15.6. The molecule has 0 heterocycles. The van der Waals surface area contributed by atoms with Crippen LogP contribution in [0.4, 0.5) is 17.1 Å². The van der Waals surface area contributed by atoms with Gasteiger partial charge >= 0.3 is 0 Å². The van der Waals surface area contributed by atoms with E-state index in [0.717, 1.165) is 0 Å². The number of anilines is 3. The van der Waals surface area contributed by atoms with Gasteiger partial charge in [0.05, 0.1) is 0 Å². The van der Waals surface area contributed by atoms with Crippen molar-refractivity contribution in [1.29, 1.82) is 0 Å². The van der Waals surface area contributed by atoms with Gasteiger partial charge in [-0.1, -0.05) is 135 Å². The van der Waals surface area contributed by atoms with E-state index < -0.39 is 0 Å². The summed E-state index contributed by atoms with van der Waals surface area (Å²) in [5, 5.41) is 10.6. The van der Waals surface area contributed by atoms with E-state index in [1.165, 1.54) is 110 Å². The minimum absolute atomic E-state index is 0.258. The minimum atomic E-state index is -0.258. The lowest BCUT2D eigenvalue weighted by Crippen LogP contribution is -2.17.